The minimum Gasteiger partial charge on any atom is -0.393 e. The molecule has 0 aromatic heterocycles. The van der Waals surface area contributed by atoms with Gasteiger partial charge in [-0.15, -0.1) is 0 Å². The van der Waals surface area contributed by atoms with Crippen LogP contribution in [0.15, 0.2) is 24.3 Å². The van der Waals surface area contributed by atoms with E-state index >= 15 is 0 Å². The van der Waals surface area contributed by atoms with Crippen LogP contribution in [0.25, 0.3) is 0 Å². The molecular weight excluding hydrogens is 198 g/mol. The molecule has 0 atom stereocenters. The van der Waals surface area contributed by atoms with Crippen molar-refractivity contribution in [1.29, 1.82) is 0 Å². The van der Waals surface area contributed by atoms with Crippen molar-refractivity contribution in [3.05, 3.63) is 29.8 Å². The molecule has 0 heterocycles. The fraction of sp³-hybridized carbons (Fsp3) is 0.571. The van der Waals surface area contributed by atoms with Gasteiger partial charge in [0, 0.05) is 12.2 Å². The Bertz CT molecular complexity index is 312. The highest BCUT2D eigenvalue weighted by molar-refractivity contribution is 5.44. The molecule has 0 saturated heterocycles. The third-order valence-corrected chi connectivity index (χ3v) is 3.46. The fourth-order valence-electron chi connectivity index (χ4n) is 2.28. The highest BCUT2D eigenvalue weighted by atomic mass is 16.3. The lowest BCUT2D eigenvalue weighted by atomic mass is 9.87. The van der Waals surface area contributed by atoms with Crippen LogP contribution in [-0.2, 0) is 0 Å². The van der Waals surface area contributed by atoms with Crippen molar-refractivity contribution >= 4 is 5.69 Å². The number of anilines is 1. The van der Waals surface area contributed by atoms with E-state index in [1.807, 2.05) is 0 Å². The van der Waals surface area contributed by atoms with Crippen LogP contribution in [0.3, 0.4) is 0 Å². The molecule has 0 amide bonds. The monoisotopic (exact) mass is 219 g/mol. The number of nitrogens with one attached hydrogen (secondary N) is 1. The summed E-state index contributed by atoms with van der Waals surface area (Å²) < 4.78 is 0. The molecule has 1 aromatic carbocycles. The van der Waals surface area contributed by atoms with Gasteiger partial charge in [0.15, 0.2) is 0 Å². The molecule has 1 aliphatic rings. The molecule has 0 spiro atoms. The molecule has 0 unspecified atom stereocenters. The summed E-state index contributed by atoms with van der Waals surface area (Å²) in [7, 11) is 0. The molecule has 1 aromatic rings. The Balaban J connectivity index is 1.77. The van der Waals surface area contributed by atoms with Gasteiger partial charge in [0.25, 0.3) is 0 Å². The van der Waals surface area contributed by atoms with Gasteiger partial charge in [-0.05, 0) is 50.7 Å². The maximum atomic E-state index is 9.42. The average molecular weight is 219 g/mol. The Morgan fingerprint density at radius 2 is 1.75 bits per heavy atom. The Labute approximate surface area is 97.7 Å². The number of rotatable bonds is 3. The van der Waals surface area contributed by atoms with Gasteiger partial charge in [-0.2, -0.15) is 0 Å². The van der Waals surface area contributed by atoms with E-state index in [2.05, 4.69) is 36.5 Å². The Morgan fingerprint density at radius 1 is 1.12 bits per heavy atom. The first-order valence-corrected chi connectivity index (χ1v) is 6.22. The second-order valence-electron chi connectivity index (χ2n) is 4.92. The molecule has 1 fully saturated rings. The van der Waals surface area contributed by atoms with E-state index in [0.29, 0.717) is 0 Å². The smallest absolute Gasteiger partial charge is 0.0540 e. The van der Waals surface area contributed by atoms with Gasteiger partial charge in [0.1, 0.15) is 0 Å². The van der Waals surface area contributed by atoms with Crippen molar-refractivity contribution in [2.45, 2.75) is 38.7 Å². The highest BCUT2D eigenvalue weighted by Gasteiger charge is 2.18. The zero-order chi connectivity index (χ0) is 11.4. The number of benzene rings is 1. The minimum atomic E-state index is -0.0457. The van der Waals surface area contributed by atoms with Crippen molar-refractivity contribution in [2.24, 2.45) is 5.92 Å². The maximum absolute atomic E-state index is 9.42. The second kappa shape index (κ2) is 5.35. The fourth-order valence-corrected chi connectivity index (χ4v) is 2.28. The van der Waals surface area contributed by atoms with Crippen LogP contribution in [0.5, 0.6) is 0 Å². The largest absolute Gasteiger partial charge is 0.393 e. The molecule has 16 heavy (non-hydrogen) atoms. The number of aryl methyl sites for hydroxylation is 1. The summed E-state index contributed by atoms with van der Waals surface area (Å²) in [6, 6.07) is 8.53. The third-order valence-electron chi connectivity index (χ3n) is 3.46. The summed E-state index contributed by atoms with van der Waals surface area (Å²) >= 11 is 0. The van der Waals surface area contributed by atoms with Crippen molar-refractivity contribution in [2.75, 3.05) is 11.9 Å². The van der Waals surface area contributed by atoms with Gasteiger partial charge in [-0.25, -0.2) is 0 Å². The first kappa shape index (κ1) is 11.5. The lowest BCUT2D eigenvalue weighted by Gasteiger charge is -2.25. The van der Waals surface area contributed by atoms with Gasteiger partial charge in [-0.3, -0.25) is 0 Å². The first-order valence-electron chi connectivity index (χ1n) is 6.22. The quantitative estimate of drug-likeness (QED) is 0.819. The summed E-state index contributed by atoms with van der Waals surface area (Å²) in [5.41, 5.74) is 2.50. The van der Waals surface area contributed by atoms with E-state index in [1.54, 1.807) is 0 Å². The van der Waals surface area contributed by atoms with Gasteiger partial charge in [-0.1, -0.05) is 17.7 Å². The molecule has 0 radical (unpaired) electrons. The van der Waals surface area contributed by atoms with Crippen molar-refractivity contribution < 1.29 is 5.11 Å². The lowest BCUT2D eigenvalue weighted by Crippen LogP contribution is -2.23. The molecule has 0 aliphatic heterocycles. The molecule has 88 valence electrons. The van der Waals surface area contributed by atoms with E-state index in [-0.39, 0.29) is 6.10 Å². The topological polar surface area (TPSA) is 32.3 Å². The summed E-state index contributed by atoms with van der Waals surface area (Å²) in [4.78, 5) is 0. The first-order chi connectivity index (χ1) is 7.74. The van der Waals surface area contributed by atoms with E-state index in [4.69, 9.17) is 0 Å². The number of hydrogen-bond acceptors (Lipinski definition) is 2. The maximum Gasteiger partial charge on any atom is 0.0540 e. The Morgan fingerprint density at radius 3 is 2.38 bits per heavy atom. The van der Waals surface area contributed by atoms with Crippen LogP contribution in [0.4, 0.5) is 5.69 Å². The standard InChI is InChI=1S/C14H21NO/c1-11-2-6-13(7-3-11)15-10-12-4-8-14(16)9-5-12/h2-3,6-7,12,14-16H,4-5,8-10H2,1H3. The molecule has 1 saturated carbocycles. The average Bonchev–Trinajstić information content (AvgIpc) is 2.30. The predicted molar refractivity (Wildman–Crippen MR) is 67.6 cm³/mol. The van der Waals surface area contributed by atoms with E-state index in [9.17, 15) is 5.11 Å². The molecule has 1 aliphatic carbocycles. The minimum absolute atomic E-state index is 0.0457. The van der Waals surface area contributed by atoms with Gasteiger partial charge >= 0.3 is 0 Å². The van der Waals surface area contributed by atoms with Crippen LogP contribution in [0.2, 0.25) is 0 Å². The van der Waals surface area contributed by atoms with Crippen LogP contribution in [0, 0.1) is 12.8 Å². The third kappa shape index (κ3) is 3.24. The second-order valence-corrected chi connectivity index (χ2v) is 4.92. The van der Waals surface area contributed by atoms with Crippen LogP contribution in [-0.4, -0.2) is 17.8 Å². The Kier molecular flexibility index (Phi) is 3.83. The Hall–Kier alpha value is -1.02. The zero-order valence-corrected chi connectivity index (χ0v) is 9.95. The van der Waals surface area contributed by atoms with Crippen molar-refractivity contribution in [3.8, 4) is 0 Å². The highest BCUT2D eigenvalue weighted by Crippen LogP contribution is 2.24. The van der Waals surface area contributed by atoms with Crippen LogP contribution in [0.1, 0.15) is 31.2 Å². The van der Waals surface area contributed by atoms with Gasteiger partial charge in [0.2, 0.25) is 0 Å². The SMILES string of the molecule is Cc1ccc(NCC2CCC(O)CC2)cc1. The summed E-state index contributed by atoms with van der Waals surface area (Å²) in [5.74, 6) is 0.727. The van der Waals surface area contributed by atoms with E-state index in [0.717, 1.165) is 38.1 Å². The number of aliphatic hydroxyl groups is 1. The predicted octanol–water partition coefficient (Wildman–Crippen LogP) is 2.96. The van der Waals surface area contributed by atoms with E-state index < -0.39 is 0 Å². The molecule has 2 nitrogen and oxygen atoms in total. The molecule has 2 N–H and O–H groups in total. The lowest BCUT2D eigenvalue weighted by molar-refractivity contribution is 0.111. The molecular formula is C14H21NO. The number of aliphatic hydroxyl groups excluding tert-OH is 1. The normalized spacial score (nSPS) is 25.4. The van der Waals surface area contributed by atoms with Gasteiger partial charge < -0.3 is 10.4 Å². The van der Waals surface area contributed by atoms with Crippen LogP contribution >= 0.6 is 0 Å². The van der Waals surface area contributed by atoms with Gasteiger partial charge in [0.05, 0.1) is 6.10 Å². The summed E-state index contributed by atoms with van der Waals surface area (Å²) in [5, 5.41) is 12.9. The zero-order valence-electron chi connectivity index (χ0n) is 9.95. The van der Waals surface area contributed by atoms with E-state index in [1.165, 1.54) is 11.3 Å². The summed E-state index contributed by atoms with van der Waals surface area (Å²) in [6.45, 7) is 3.14. The molecule has 0 bridgehead atoms. The van der Waals surface area contributed by atoms with Crippen LogP contribution < -0.4 is 5.32 Å². The molecule has 2 heteroatoms. The number of hydrogen-bond donors (Lipinski definition) is 2. The van der Waals surface area contributed by atoms with Crippen molar-refractivity contribution in [3.63, 3.8) is 0 Å². The molecule has 2 rings (SSSR count). The van der Waals surface area contributed by atoms with Crippen molar-refractivity contribution in [1.82, 2.24) is 0 Å². The summed E-state index contributed by atoms with van der Waals surface area (Å²) in [6.07, 6.45) is 4.20.